The summed E-state index contributed by atoms with van der Waals surface area (Å²) in [6, 6.07) is 1.86. The van der Waals surface area contributed by atoms with Crippen LogP contribution in [0, 0.1) is 0 Å². The molecule has 14 heavy (non-hydrogen) atoms. The van der Waals surface area contributed by atoms with Gasteiger partial charge in [-0.15, -0.1) is 0 Å². The van der Waals surface area contributed by atoms with E-state index in [4.69, 9.17) is 10.5 Å². The highest BCUT2D eigenvalue weighted by atomic mass is 16.5. The van der Waals surface area contributed by atoms with Crippen LogP contribution in [0.5, 0.6) is 5.75 Å². The minimum Gasteiger partial charge on any atom is -0.496 e. The molecule has 0 saturated carbocycles. The molecule has 4 nitrogen and oxygen atoms in total. The van der Waals surface area contributed by atoms with Gasteiger partial charge in [0.2, 0.25) is 0 Å². The van der Waals surface area contributed by atoms with Crippen molar-refractivity contribution in [3.63, 3.8) is 0 Å². The number of nitrogens with two attached hydrogens (primary N) is 1. The largest absolute Gasteiger partial charge is 0.496 e. The van der Waals surface area contributed by atoms with Crippen LogP contribution in [-0.2, 0) is 6.42 Å². The van der Waals surface area contributed by atoms with E-state index in [-0.39, 0.29) is 0 Å². The molecule has 0 atom stereocenters. The molecule has 0 saturated heterocycles. The van der Waals surface area contributed by atoms with E-state index in [0.29, 0.717) is 6.54 Å². The van der Waals surface area contributed by atoms with E-state index >= 15 is 0 Å². The zero-order chi connectivity index (χ0) is 9.97. The Kier molecular flexibility index (Phi) is 2.37. The van der Waals surface area contributed by atoms with Gasteiger partial charge >= 0.3 is 0 Å². The van der Waals surface area contributed by atoms with Gasteiger partial charge in [0.15, 0.2) is 0 Å². The van der Waals surface area contributed by atoms with Crippen molar-refractivity contribution in [2.24, 2.45) is 5.73 Å². The molecule has 0 spiro atoms. The lowest BCUT2D eigenvalue weighted by atomic mass is 10.1. The lowest BCUT2D eigenvalue weighted by Gasteiger charge is -2.02. The Labute approximate surface area is 82.1 Å². The smallest absolute Gasteiger partial charge is 0.141 e. The first kappa shape index (κ1) is 9.02. The second-order valence-corrected chi connectivity index (χ2v) is 3.09. The van der Waals surface area contributed by atoms with E-state index in [1.54, 1.807) is 13.3 Å². The van der Waals surface area contributed by atoms with Crippen molar-refractivity contribution >= 4 is 11.0 Å². The van der Waals surface area contributed by atoms with Crippen LogP contribution < -0.4 is 10.5 Å². The molecule has 0 amide bonds. The van der Waals surface area contributed by atoms with Crippen molar-refractivity contribution in [1.82, 2.24) is 9.97 Å². The highest BCUT2D eigenvalue weighted by Crippen LogP contribution is 2.26. The van der Waals surface area contributed by atoms with Crippen molar-refractivity contribution < 1.29 is 4.74 Å². The number of fused-ring (bicyclic) bond motifs is 1. The van der Waals surface area contributed by atoms with Gasteiger partial charge in [0.25, 0.3) is 0 Å². The fraction of sp³-hybridized carbons (Fsp3) is 0.300. The summed E-state index contributed by atoms with van der Waals surface area (Å²) in [6.45, 7) is 0.630. The first-order chi connectivity index (χ1) is 6.86. The minimum absolute atomic E-state index is 0.630. The fourth-order valence-electron chi connectivity index (χ4n) is 1.61. The van der Waals surface area contributed by atoms with Gasteiger partial charge in [0.05, 0.1) is 12.5 Å². The average molecular weight is 191 g/mol. The first-order valence-corrected chi connectivity index (χ1v) is 4.56. The SMILES string of the molecule is COc1ccnc2[nH]cc(CCN)c12. The molecule has 2 heterocycles. The summed E-state index contributed by atoms with van der Waals surface area (Å²) in [5, 5.41) is 1.04. The minimum atomic E-state index is 0.630. The van der Waals surface area contributed by atoms with Gasteiger partial charge in [-0.05, 0) is 24.6 Å². The van der Waals surface area contributed by atoms with E-state index in [1.807, 2.05) is 12.3 Å². The molecule has 3 N–H and O–H groups in total. The van der Waals surface area contributed by atoms with Gasteiger partial charge in [-0.1, -0.05) is 0 Å². The average Bonchev–Trinajstić information content (AvgIpc) is 2.62. The van der Waals surface area contributed by atoms with Crippen molar-refractivity contribution in [3.8, 4) is 5.75 Å². The molecule has 4 heteroatoms. The van der Waals surface area contributed by atoms with E-state index in [2.05, 4.69) is 9.97 Å². The predicted molar refractivity (Wildman–Crippen MR) is 55.4 cm³/mol. The monoisotopic (exact) mass is 191 g/mol. The molecule has 0 aliphatic rings. The standard InChI is InChI=1S/C10H13N3O/c1-14-8-3-5-12-10-9(8)7(2-4-11)6-13-10/h3,5-6H,2,4,11H2,1H3,(H,12,13). The van der Waals surface area contributed by atoms with Gasteiger partial charge < -0.3 is 15.5 Å². The normalized spacial score (nSPS) is 10.7. The number of methoxy groups -OCH3 is 1. The molecule has 2 rings (SSSR count). The lowest BCUT2D eigenvalue weighted by molar-refractivity contribution is 0.419. The summed E-state index contributed by atoms with van der Waals surface area (Å²) in [7, 11) is 1.66. The van der Waals surface area contributed by atoms with Crippen LogP contribution >= 0.6 is 0 Å². The number of rotatable bonds is 3. The highest BCUT2D eigenvalue weighted by Gasteiger charge is 2.08. The Bertz CT molecular complexity index is 436. The van der Waals surface area contributed by atoms with Crippen LogP contribution in [0.3, 0.4) is 0 Å². The van der Waals surface area contributed by atoms with Crippen LogP contribution in [-0.4, -0.2) is 23.6 Å². The summed E-state index contributed by atoms with van der Waals surface area (Å²) in [4.78, 5) is 7.32. The molecule has 0 bridgehead atoms. The summed E-state index contributed by atoms with van der Waals surface area (Å²) >= 11 is 0. The number of nitrogens with one attached hydrogen (secondary N) is 1. The van der Waals surface area contributed by atoms with E-state index in [1.165, 1.54) is 0 Å². The number of H-pyrrole nitrogens is 1. The van der Waals surface area contributed by atoms with Gasteiger partial charge in [-0.25, -0.2) is 4.98 Å². The van der Waals surface area contributed by atoms with E-state index in [0.717, 1.165) is 28.8 Å². The molecule has 0 aliphatic heterocycles. The number of aromatic nitrogens is 2. The maximum atomic E-state index is 5.53. The first-order valence-electron chi connectivity index (χ1n) is 4.56. The van der Waals surface area contributed by atoms with Crippen LogP contribution in [0.25, 0.3) is 11.0 Å². The molecule has 0 radical (unpaired) electrons. The number of ether oxygens (including phenoxy) is 1. The van der Waals surface area contributed by atoms with Crippen LogP contribution in [0.1, 0.15) is 5.56 Å². The van der Waals surface area contributed by atoms with Gasteiger partial charge in [-0.3, -0.25) is 0 Å². The quantitative estimate of drug-likeness (QED) is 0.762. The molecule has 2 aromatic rings. The maximum Gasteiger partial charge on any atom is 0.141 e. The molecule has 0 unspecified atom stereocenters. The molecular weight excluding hydrogens is 178 g/mol. The van der Waals surface area contributed by atoms with Crippen LogP contribution in [0.15, 0.2) is 18.5 Å². The van der Waals surface area contributed by atoms with Gasteiger partial charge in [0, 0.05) is 12.4 Å². The Hall–Kier alpha value is -1.55. The third-order valence-electron chi connectivity index (χ3n) is 2.25. The Balaban J connectivity index is 2.62. The molecular formula is C10H13N3O. The van der Waals surface area contributed by atoms with Crippen molar-refractivity contribution in [1.29, 1.82) is 0 Å². The molecule has 0 aromatic carbocycles. The number of hydrogen-bond donors (Lipinski definition) is 2. The second-order valence-electron chi connectivity index (χ2n) is 3.09. The highest BCUT2D eigenvalue weighted by molar-refractivity contribution is 5.86. The van der Waals surface area contributed by atoms with E-state index in [9.17, 15) is 0 Å². The fourth-order valence-corrected chi connectivity index (χ4v) is 1.61. The van der Waals surface area contributed by atoms with Crippen LogP contribution in [0.2, 0.25) is 0 Å². The zero-order valence-electron chi connectivity index (χ0n) is 8.08. The molecule has 0 fully saturated rings. The summed E-state index contributed by atoms with van der Waals surface area (Å²) in [6.07, 6.45) is 4.50. The van der Waals surface area contributed by atoms with Crippen molar-refractivity contribution in [2.45, 2.75) is 6.42 Å². The Morgan fingerprint density at radius 1 is 1.57 bits per heavy atom. The van der Waals surface area contributed by atoms with Crippen molar-refractivity contribution in [2.75, 3.05) is 13.7 Å². The number of aromatic amines is 1. The number of nitrogens with zero attached hydrogens (tertiary/aromatic N) is 1. The Morgan fingerprint density at radius 2 is 2.43 bits per heavy atom. The third-order valence-corrected chi connectivity index (χ3v) is 2.25. The summed E-state index contributed by atoms with van der Waals surface area (Å²) < 4.78 is 5.27. The number of hydrogen-bond acceptors (Lipinski definition) is 3. The molecule has 0 aliphatic carbocycles. The number of pyridine rings is 1. The maximum absolute atomic E-state index is 5.53. The zero-order valence-corrected chi connectivity index (χ0v) is 8.08. The second kappa shape index (κ2) is 3.67. The summed E-state index contributed by atoms with van der Waals surface area (Å²) in [5.74, 6) is 0.847. The lowest BCUT2D eigenvalue weighted by Crippen LogP contribution is -2.02. The predicted octanol–water partition coefficient (Wildman–Crippen LogP) is 1.07. The topological polar surface area (TPSA) is 63.9 Å². The van der Waals surface area contributed by atoms with Gasteiger partial charge in [-0.2, -0.15) is 0 Å². The third kappa shape index (κ3) is 1.33. The summed E-state index contributed by atoms with van der Waals surface area (Å²) in [5.41, 5.74) is 7.54. The van der Waals surface area contributed by atoms with Crippen molar-refractivity contribution in [3.05, 3.63) is 24.0 Å². The molecule has 74 valence electrons. The molecule has 2 aromatic heterocycles. The Morgan fingerprint density at radius 3 is 3.14 bits per heavy atom. The van der Waals surface area contributed by atoms with E-state index < -0.39 is 0 Å². The van der Waals surface area contributed by atoms with Crippen LogP contribution in [0.4, 0.5) is 0 Å². The van der Waals surface area contributed by atoms with Gasteiger partial charge in [0.1, 0.15) is 11.4 Å².